The molecule has 48 heavy (non-hydrogen) atoms. The summed E-state index contributed by atoms with van der Waals surface area (Å²) in [6, 6.07) is 16.4. The van der Waals surface area contributed by atoms with Crippen LogP contribution in [-0.4, -0.2) is 50.6 Å². The molecule has 0 spiro atoms. The summed E-state index contributed by atoms with van der Waals surface area (Å²) in [7, 11) is 0. The number of carbonyl (C=O) groups is 1. The number of likely N-dealkylation sites (tertiary alicyclic amines) is 1. The third kappa shape index (κ3) is 6.98. The molecule has 1 saturated heterocycles. The zero-order valence-electron chi connectivity index (χ0n) is 26.6. The minimum absolute atomic E-state index is 0.0663. The van der Waals surface area contributed by atoms with Gasteiger partial charge < -0.3 is 21.2 Å². The first-order chi connectivity index (χ1) is 22.9. The zero-order valence-corrected chi connectivity index (χ0v) is 28.1. The number of carboxylic acid groups (broad SMARTS) is 1. The van der Waals surface area contributed by atoms with Gasteiger partial charge in [-0.25, -0.2) is 9.18 Å². The Morgan fingerprint density at radius 1 is 1.10 bits per heavy atom. The van der Waals surface area contributed by atoms with Gasteiger partial charge in [-0.15, -0.1) is 5.53 Å². The summed E-state index contributed by atoms with van der Waals surface area (Å²) in [5, 5.41) is 29.3. The van der Waals surface area contributed by atoms with Crippen molar-refractivity contribution >= 4 is 57.1 Å². The molecule has 1 aromatic heterocycles. The van der Waals surface area contributed by atoms with Crippen LogP contribution in [0.5, 0.6) is 0 Å². The van der Waals surface area contributed by atoms with E-state index in [2.05, 4.69) is 63.3 Å². The summed E-state index contributed by atoms with van der Waals surface area (Å²) in [5.74, 6) is -1.59. The molecule has 3 aromatic carbocycles. The number of benzene rings is 3. The molecule has 5 N–H and O–H groups in total. The molecule has 13 heteroatoms. The molecule has 2 aliphatic heterocycles. The maximum Gasteiger partial charge on any atom is 0.335 e. The Morgan fingerprint density at radius 3 is 2.54 bits per heavy atom. The van der Waals surface area contributed by atoms with Gasteiger partial charge in [-0.1, -0.05) is 35.3 Å². The lowest BCUT2D eigenvalue weighted by atomic mass is 9.97. The topological polar surface area (TPSA) is 129 Å². The number of anilines is 3. The average Bonchev–Trinajstić information content (AvgIpc) is 3.55. The molecule has 248 valence electrons. The number of aromatic nitrogens is 1. The van der Waals surface area contributed by atoms with Gasteiger partial charge >= 0.3 is 5.97 Å². The average molecular weight is 690 g/mol. The molecule has 0 aliphatic carbocycles. The monoisotopic (exact) mass is 688 g/mol. The van der Waals surface area contributed by atoms with E-state index < -0.39 is 17.8 Å². The second-order valence-corrected chi connectivity index (χ2v) is 13.7. The van der Waals surface area contributed by atoms with Gasteiger partial charge in [-0.3, -0.25) is 14.9 Å². The molecule has 3 heterocycles. The molecule has 4 aromatic rings. The Kier molecular flexibility index (Phi) is 9.36. The van der Waals surface area contributed by atoms with E-state index in [1.165, 1.54) is 24.4 Å². The van der Waals surface area contributed by atoms with E-state index in [1.807, 2.05) is 18.3 Å². The maximum absolute atomic E-state index is 13.9. The van der Waals surface area contributed by atoms with Crippen LogP contribution >= 0.6 is 23.2 Å². The van der Waals surface area contributed by atoms with Crippen LogP contribution < -0.4 is 21.6 Å². The second-order valence-electron chi connectivity index (χ2n) is 12.9. The predicted molar refractivity (Wildman–Crippen MR) is 186 cm³/mol. The Balaban J connectivity index is 1.37. The molecule has 0 radical (unpaired) electrons. The third-order valence-electron chi connectivity index (χ3n) is 8.74. The van der Waals surface area contributed by atoms with Crippen LogP contribution in [-0.2, 0) is 0 Å². The van der Waals surface area contributed by atoms with Crippen LogP contribution in [0.15, 0.2) is 72.7 Å². The number of fused-ring (bicyclic) bond motifs is 1. The van der Waals surface area contributed by atoms with Gasteiger partial charge in [0.1, 0.15) is 11.9 Å². The quantitative estimate of drug-likeness (QED) is 0.126. The molecule has 0 unspecified atom stereocenters. The highest BCUT2D eigenvalue weighted by Crippen LogP contribution is 2.38. The molecule has 10 nitrogen and oxygen atoms in total. The highest BCUT2D eigenvalue weighted by Gasteiger charge is 2.32. The lowest BCUT2D eigenvalue weighted by molar-refractivity contribution is 0.0570. The molecular formula is C35H35Cl2FN8O2. The number of hydrazine groups is 2. The minimum atomic E-state index is -1.03. The lowest BCUT2D eigenvalue weighted by Crippen LogP contribution is -2.52. The Bertz CT molecular complexity index is 1950. The first-order valence-electron chi connectivity index (χ1n) is 15.5. The molecule has 1 fully saturated rings. The van der Waals surface area contributed by atoms with E-state index in [1.54, 1.807) is 24.3 Å². The van der Waals surface area contributed by atoms with Crippen molar-refractivity contribution in [1.82, 2.24) is 25.9 Å². The fourth-order valence-corrected chi connectivity index (χ4v) is 6.59. The van der Waals surface area contributed by atoms with Gasteiger partial charge in [0.2, 0.25) is 0 Å². The lowest BCUT2D eigenvalue weighted by Gasteiger charge is -2.42. The van der Waals surface area contributed by atoms with E-state index in [0.717, 1.165) is 31.6 Å². The van der Waals surface area contributed by atoms with Crippen molar-refractivity contribution in [1.29, 1.82) is 5.26 Å². The molecule has 0 amide bonds. The van der Waals surface area contributed by atoms with Crippen molar-refractivity contribution in [3.05, 3.63) is 105 Å². The SMILES string of the molecule is CC(C)(C)N1CCC(N2C=C([C@@H](Nc3cc(Cl)c4ncc(C#N)c(Nc5ccc(F)c(Cl)c5)c4c3)c3cccc(C(=O)O)c3)NN2)CC1. The van der Waals surface area contributed by atoms with Gasteiger partial charge in [0.25, 0.3) is 0 Å². The first-order valence-corrected chi connectivity index (χ1v) is 16.3. The molecular weight excluding hydrogens is 654 g/mol. The number of carboxylic acids is 1. The standard InChI is InChI=1S/C35H35Cl2FN8O2/c1-35(2,3)45-11-9-25(10-12-45)46-19-30(43-44-46)32(20-5-4-6-21(13-20)34(47)48)42-24-14-26-31(41-23-7-8-29(38)27(36)15-23)22(17-39)18-40-33(26)28(37)16-24/h4-8,13-16,18-19,25,32,42-44H,9-12H2,1-3H3,(H,40,41)(H,47,48)/t32-/m0/s1. The number of aromatic carboxylic acids is 1. The number of hydrogen-bond acceptors (Lipinski definition) is 9. The summed E-state index contributed by atoms with van der Waals surface area (Å²) in [5.41, 5.74) is 10.5. The predicted octanol–water partition coefficient (Wildman–Crippen LogP) is 7.58. The summed E-state index contributed by atoms with van der Waals surface area (Å²) in [6.07, 6.45) is 5.40. The Hall–Kier alpha value is -4.60. The molecule has 0 bridgehead atoms. The summed E-state index contributed by atoms with van der Waals surface area (Å²) < 4.78 is 13.9. The summed E-state index contributed by atoms with van der Waals surface area (Å²) >= 11 is 12.8. The first kappa shape index (κ1) is 33.3. The number of nitriles is 1. The largest absolute Gasteiger partial charge is 0.478 e. The van der Waals surface area contributed by atoms with Crippen LogP contribution in [0.2, 0.25) is 10.0 Å². The second kappa shape index (κ2) is 13.5. The van der Waals surface area contributed by atoms with Gasteiger partial charge in [0.15, 0.2) is 0 Å². The summed E-state index contributed by atoms with van der Waals surface area (Å²) in [4.78, 5) is 18.9. The number of rotatable bonds is 8. The van der Waals surface area contributed by atoms with Crippen molar-refractivity contribution in [2.45, 2.75) is 51.2 Å². The van der Waals surface area contributed by atoms with Crippen molar-refractivity contribution in [2.75, 3.05) is 23.7 Å². The zero-order chi connectivity index (χ0) is 34.2. The van der Waals surface area contributed by atoms with Crippen molar-refractivity contribution < 1.29 is 14.3 Å². The van der Waals surface area contributed by atoms with Crippen molar-refractivity contribution in [3.8, 4) is 6.07 Å². The fourth-order valence-electron chi connectivity index (χ4n) is 6.14. The van der Waals surface area contributed by atoms with Gasteiger partial charge in [0, 0.05) is 53.8 Å². The van der Waals surface area contributed by atoms with Gasteiger partial charge in [-0.05, 0) is 81.6 Å². The normalized spacial score (nSPS) is 16.3. The minimum Gasteiger partial charge on any atom is -0.478 e. The third-order valence-corrected chi connectivity index (χ3v) is 9.31. The van der Waals surface area contributed by atoms with Crippen LogP contribution in [0.1, 0.15) is 61.1 Å². The number of hydrogen-bond donors (Lipinski definition) is 5. The smallest absolute Gasteiger partial charge is 0.335 e. The number of pyridine rings is 1. The van der Waals surface area contributed by atoms with E-state index in [-0.39, 0.29) is 27.7 Å². The van der Waals surface area contributed by atoms with Gasteiger partial charge in [-0.2, -0.15) is 5.26 Å². The number of nitrogens with zero attached hydrogens (tertiary/aromatic N) is 4. The highest BCUT2D eigenvalue weighted by atomic mass is 35.5. The Morgan fingerprint density at radius 2 is 1.85 bits per heavy atom. The molecule has 1 atom stereocenters. The summed E-state index contributed by atoms with van der Waals surface area (Å²) in [6.45, 7) is 8.65. The van der Waals surface area contributed by atoms with Gasteiger partial charge in [0.05, 0.1) is 44.1 Å². The van der Waals surface area contributed by atoms with Crippen LogP contribution in [0.4, 0.5) is 21.5 Å². The molecule has 6 rings (SSSR count). The van der Waals surface area contributed by atoms with Crippen LogP contribution in [0.25, 0.3) is 10.9 Å². The number of halogens is 3. The maximum atomic E-state index is 13.9. The number of nitrogens with one attached hydrogen (secondary N) is 4. The highest BCUT2D eigenvalue weighted by molar-refractivity contribution is 6.36. The molecule has 2 aliphatic rings. The van der Waals surface area contributed by atoms with E-state index in [4.69, 9.17) is 23.2 Å². The van der Waals surface area contributed by atoms with E-state index >= 15 is 0 Å². The van der Waals surface area contributed by atoms with E-state index in [0.29, 0.717) is 38.6 Å². The van der Waals surface area contributed by atoms with Crippen LogP contribution in [0, 0.1) is 17.1 Å². The Labute approximate surface area is 288 Å². The number of piperidine rings is 1. The van der Waals surface area contributed by atoms with Crippen molar-refractivity contribution in [3.63, 3.8) is 0 Å². The van der Waals surface area contributed by atoms with Crippen molar-refractivity contribution in [2.24, 2.45) is 0 Å². The molecule has 0 saturated carbocycles. The van der Waals surface area contributed by atoms with Crippen LogP contribution in [0.3, 0.4) is 0 Å². The fraction of sp³-hybridized carbons (Fsp3) is 0.286. The van der Waals surface area contributed by atoms with E-state index in [9.17, 15) is 19.6 Å².